The number of carbonyl (C=O) groups excluding carboxylic acids is 1. The van der Waals surface area contributed by atoms with Gasteiger partial charge in [0.05, 0.1) is 18.3 Å². The Balaban J connectivity index is 1.33. The van der Waals surface area contributed by atoms with Crippen LogP contribution in [0.1, 0.15) is 18.9 Å². The number of aromatic nitrogens is 5. The van der Waals surface area contributed by atoms with Crippen molar-refractivity contribution in [2.45, 2.75) is 37.5 Å². The molecule has 0 spiro atoms. The predicted molar refractivity (Wildman–Crippen MR) is 104 cm³/mol. The third-order valence-electron chi connectivity index (χ3n) is 5.34. The monoisotopic (exact) mass is 446 g/mol. The molecule has 1 saturated heterocycles. The first kappa shape index (κ1) is 20.4. The molecule has 12 heteroatoms. The zero-order chi connectivity index (χ0) is 22.4. The van der Waals surface area contributed by atoms with E-state index in [1.807, 2.05) is 0 Å². The number of rotatable bonds is 6. The molecule has 0 bridgehead atoms. The Hall–Kier alpha value is -3.54. The summed E-state index contributed by atoms with van der Waals surface area (Å²) in [6.07, 6.45) is -3.97. The van der Waals surface area contributed by atoms with E-state index >= 15 is 0 Å². The lowest BCUT2D eigenvalue weighted by molar-refractivity contribution is -0.0641. The molecule has 0 radical (unpaired) electrons. The van der Waals surface area contributed by atoms with Gasteiger partial charge in [0.15, 0.2) is 12.2 Å². The van der Waals surface area contributed by atoms with Gasteiger partial charge in [-0.1, -0.05) is 6.07 Å². The van der Waals surface area contributed by atoms with Gasteiger partial charge >= 0.3 is 6.09 Å². The number of hydrogen-bond donors (Lipinski definition) is 1. The summed E-state index contributed by atoms with van der Waals surface area (Å²) >= 11 is 0. The molecule has 1 aliphatic heterocycles. The summed E-state index contributed by atoms with van der Waals surface area (Å²) in [7, 11) is 0. The highest BCUT2D eigenvalue weighted by Gasteiger charge is 2.40. The van der Waals surface area contributed by atoms with Crippen LogP contribution in [-0.4, -0.2) is 61.6 Å². The van der Waals surface area contributed by atoms with E-state index in [2.05, 4.69) is 20.4 Å². The van der Waals surface area contributed by atoms with Crippen molar-refractivity contribution in [1.82, 2.24) is 25.2 Å². The zero-order valence-electron chi connectivity index (χ0n) is 16.5. The van der Waals surface area contributed by atoms with E-state index in [9.17, 15) is 23.1 Å². The van der Waals surface area contributed by atoms with Crippen LogP contribution in [0.15, 0.2) is 36.5 Å². The summed E-state index contributed by atoms with van der Waals surface area (Å²) < 4.78 is 45.0. The minimum atomic E-state index is -3.06. The first-order valence-electron chi connectivity index (χ1n) is 9.91. The number of aliphatic hydroxyl groups is 1. The smallest absolute Gasteiger partial charge is 0.414 e. The summed E-state index contributed by atoms with van der Waals surface area (Å²) in [5, 5.41) is 21.7. The number of amides is 1. The second-order valence-electron chi connectivity index (χ2n) is 7.62. The largest absolute Gasteiger partial charge is 0.441 e. The lowest BCUT2D eigenvalue weighted by Gasteiger charge is -2.16. The lowest BCUT2D eigenvalue weighted by Crippen LogP contribution is -2.36. The van der Waals surface area contributed by atoms with E-state index in [4.69, 9.17) is 4.74 Å². The minimum Gasteiger partial charge on any atom is -0.441 e. The Morgan fingerprint density at radius 3 is 2.66 bits per heavy atom. The standard InChI is InChI=1S/C20H17F3N6O3/c21-14-7-12(28-9-16(32-20(28)31)17(30)18(22)23)4-5-13(14)10-1-6-15(24-8-10)19-25-27-29(26-19)11-2-3-11/h1,4-8,11,16-18,30H,2-3,9H2/t16-,17?/m1/s1. The quantitative estimate of drug-likeness (QED) is 0.621. The molecule has 1 unspecified atom stereocenters. The van der Waals surface area contributed by atoms with E-state index in [0.717, 1.165) is 23.8 Å². The summed E-state index contributed by atoms with van der Waals surface area (Å²) in [5.74, 6) is -0.257. The third kappa shape index (κ3) is 3.77. The van der Waals surface area contributed by atoms with E-state index in [0.29, 0.717) is 23.1 Å². The molecule has 1 amide bonds. The van der Waals surface area contributed by atoms with Crippen molar-refractivity contribution in [3.8, 4) is 22.6 Å². The van der Waals surface area contributed by atoms with Crippen LogP contribution in [0.2, 0.25) is 0 Å². The number of nitrogens with zero attached hydrogens (tertiary/aromatic N) is 6. The summed E-state index contributed by atoms with van der Waals surface area (Å²) in [4.78, 5) is 18.9. The van der Waals surface area contributed by atoms with Crippen molar-refractivity contribution < 1.29 is 27.8 Å². The second kappa shape index (κ2) is 7.86. The molecule has 32 heavy (non-hydrogen) atoms. The van der Waals surface area contributed by atoms with Crippen LogP contribution < -0.4 is 4.90 Å². The molecule has 2 fully saturated rings. The molecule has 5 rings (SSSR count). The Labute approximate surface area is 179 Å². The van der Waals surface area contributed by atoms with Crippen LogP contribution in [0.4, 0.5) is 23.7 Å². The van der Waals surface area contributed by atoms with Crippen molar-refractivity contribution in [1.29, 1.82) is 0 Å². The maximum atomic E-state index is 14.8. The fourth-order valence-corrected chi connectivity index (χ4v) is 3.41. The first-order chi connectivity index (χ1) is 15.4. The molecular formula is C20H17F3N6O3. The highest BCUT2D eigenvalue weighted by molar-refractivity contribution is 5.90. The van der Waals surface area contributed by atoms with Crippen molar-refractivity contribution in [3.05, 3.63) is 42.3 Å². The average Bonchev–Trinajstić information content (AvgIpc) is 3.38. The number of cyclic esters (lactones) is 1. The van der Waals surface area contributed by atoms with Crippen LogP contribution in [0.25, 0.3) is 22.6 Å². The second-order valence-corrected chi connectivity index (χ2v) is 7.62. The van der Waals surface area contributed by atoms with Gasteiger partial charge in [-0.3, -0.25) is 9.88 Å². The predicted octanol–water partition coefficient (Wildman–Crippen LogP) is 2.83. The summed E-state index contributed by atoms with van der Waals surface area (Å²) in [5.41, 5.74) is 1.35. The van der Waals surface area contributed by atoms with Crippen LogP contribution in [0.3, 0.4) is 0 Å². The van der Waals surface area contributed by atoms with Gasteiger partial charge in [0, 0.05) is 17.3 Å². The van der Waals surface area contributed by atoms with Gasteiger partial charge in [-0.15, -0.1) is 10.2 Å². The highest BCUT2D eigenvalue weighted by Crippen LogP contribution is 2.33. The normalized spacial score (nSPS) is 19.5. The van der Waals surface area contributed by atoms with Crippen LogP contribution in [0.5, 0.6) is 0 Å². The Morgan fingerprint density at radius 2 is 2.00 bits per heavy atom. The number of pyridine rings is 1. The molecule has 9 nitrogen and oxygen atoms in total. The topological polar surface area (TPSA) is 106 Å². The maximum Gasteiger partial charge on any atom is 0.414 e. The molecule has 1 aliphatic carbocycles. The number of tetrazole rings is 1. The van der Waals surface area contributed by atoms with Crippen molar-refractivity contribution >= 4 is 11.8 Å². The van der Waals surface area contributed by atoms with Gasteiger partial charge < -0.3 is 9.84 Å². The zero-order valence-corrected chi connectivity index (χ0v) is 16.5. The van der Waals surface area contributed by atoms with Crippen molar-refractivity contribution in [2.75, 3.05) is 11.4 Å². The third-order valence-corrected chi connectivity index (χ3v) is 5.34. The number of aliphatic hydroxyl groups excluding tert-OH is 1. The molecule has 1 aromatic carbocycles. The summed E-state index contributed by atoms with van der Waals surface area (Å²) in [6, 6.07) is 7.64. The lowest BCUT2D eigenvalue weighted by atomic mass is 10.1. The van der Waals surface area contributed by atoms with E-state index in [1.165, 1.54) is 18.3 Å². The Kier molecular flexibility index (Phi) is 5.00. The van der Waals surface area contributed by atoms with E-state index < -0.39 is 30.5 Å². The SMILES string of the molecule is O=C1O[C@@H](C(O)C(F)F)CN1c1ccc(-c2ccc(-c3nnn(C4CC4)n3)nc2)c(F)c1. The number of anilines is 1. The number of hydrogen-bond acceptors (Lipinski definition) is 7. The van der Waals surface area contributed by atoms with Crippen molar-refractivity contribution in [2.24, 2.45) is 0 Å². The van der Waals surface area contributed by atoms with Gasteiger partial charge in [0.25, 0.3) is 6.43 Å². The molecule has 1 N–H and O–H groups in total. The number of benzene rings is 1. The fraction of sp³-hybridized carbons (Fsp3) is 0.350. The molecular weight excluding hydrogens is 429 g/mol. The van der Waals surface area contributed by atoms with Gasteiger partial charge in [-0.25, -0.2) is 18.0 Å². The van der Waals surface area contributed by atoms with Crippen LogP contribution in [-0.2, 0) is 4.74 Å². The van der Waals surface area contributed by atoms with Crippen molar-refractivity contribution in [3.63, 3.8) is 0 Å². The van der Waals surface area contributed by atoms with Gasteiger partial charge in [-0.05, 0) is 42.3 Å². The van der Waals surface area contributed by atoms with E-state index in [1.54, 1.807) is 16.9 Å². The molecule has 3 aromatic rings. The number of ether oxygens (including phenoxy) is 1. The molecule has 166 valence electrons. The first-order valence-corrected chi connectivity index (χ1v) is 9.91. The van der Waals surface area contributed by atoms with Crippen LogP contribution >= 0.6 is 0 Å². The average molecular weight is 446 g/mol. The Morgan fingerprint density at radius 1 is 1.19 bits per heavy atom. The number of carbonyl (C=O) groups is 1. The highest BCUT2D eigenvalue weighted by atomic mass is 19.3. The molecule has 1 saturated carbocycles. The molecule has 2 aliphatic rings. The maximum absolute atomic E-state index is 14.8. The minimum absolute atomic E-state index is 0.130. The molecule has 3 heterocycles. The fourth-order valence-electron chi connectivity index (χ4n) is 3.41. The summed E-state index contributed by atoms with van der Waals surface area (Å²) in [6.45, 7) is -0.312. The Bertz CT molecular complexity index is 1150. The molecule has 2 atom stereocenters. The number of alkyl halides is 2. The van der Waals surface area contributed by atoms with Gasteiger partial charge in [0.1, 0.15) is 11.5 Å². The van der Waals surface area contributed by atoms with E-state index in [-0.39, 0.29) is 17.8 Å². The van der Waals surface area contributed by atoms with Gasteiger partial charge in [0.2, 0.25) is 5.82 Å². The van der Waals surface area contributed by atoms with Crippen LogP contribution in [0, 0.1) is 5.82 Å². The molecule has 2 aromatic heterocycles. The number of halogens is 3. The van der Waals surface area contributed by atoms with Gasteiger partial charge in [-0.2, -0.15) is 4.80 Å².